The molecule has 1 N–H and O–H groups in total. The Bertz CT molecular complexity index is 297. The normalized spacial score (nSPS) is 35.6. The Morgan fingerprint density at radius 3 is 2.14 bits per heavy atom. The first-order valence-electron chi connectivity index (χ1n) is 9.71. The molecule has 122 valence electrons. The molecule has 0 atom stereocenters. The first-order chi connectivity index (χ1) is 10.3. The van der Waals surface area contributed by atoms with Crippen LogP contribution in [0.5, 0.6) is 0 Å². The van der Waals surface area contributed by atoms with Gasteiger partial charge in [0.2, 0.25) is 0 Å². The summed E-state index contributed by atoms with van der Waals surface area (Å²) in [4.78, 5) is 0. The van der Waals surface area contributed by atoms with Crippen molar-refractivity contribution >= 4 is 0 Å². The Kier molecular flexibility index (Phi) is 5.61. The van der Waals surface area contributed by atoms with Gasteiger partial charge in [-0.3, -0.25) is 0 Å². The van der Waals surface area contributed by atoms with Gasteiger partial charge >= 0.3 is 0 Å². The molecule has 3 saturated carbocycles. The number of ether oxygens (including phenoxy) is 1. The van der Waals surface area contributed by atoms with Crippen molar-refractivity contribution in [1.82, 2.24) is 5.32 Å². The molecule has 2 heteroatoms. The topological polar surface area (TPSA) is 21.3 Å². The second kappa shape index (κ2) is 7.46. The van der Waals surface area contributed by atoms with E-state index in [0.29, 0.717) is 6.10 Å². The van der Waals surface area contributed by atoms with Crippen LogP contribution in [0.1, 0.15) is 90.4 Å². The van der Waals surface area contributed by atoms with E-state index < -0.39 is 0 Å². The Labute approximate surface area is 131 Å². The lowest BCUT2D eigenvalue weighted by atomic mass is 9.77. The van der Waals surface area contributed by atoms with Crippen molar-refractivity contribution in [3.05, 3.63) is 0 Å². The van der Waals surface area contributed by atoms with Crippen molar-refractivity contribution in [3.63, 3.8) is 0 Å². The summed E-state index contributed by atoms with van der Waals surface area (Å²) >= 11 is 0. The molecule has 21 heavy (non-hydrogen) atoms. The molecule has 3 fully saturated rings. The van der Waals surface area contributed by atoms with E-state index >= 15 is 0 Å². The third-order valence-electron chi connectivity index (χ3n) is 6.10. The van der Waals surface area contributed by atoms with Gasteiger partial charge in [-0.25, -0.2) is 0 Å². The highest BCUT2D eigenvalue weighted by Gasteiger charge is 2.39. The van der Waals surface area contributed by atoms with Crippen molar-refractivity contribution in [3.8, 4) is 0 Å². The molecular formula is C19H35NO. The maximum atomic E-state index is 6.81. The number of nitrogens with one attached hydrogen (secondary N) is 1. The Morgan fingerprint density at radius 2 is 1.57 bits per heavy atom. The Morgan fingerprint density at radius 1 is 0.905 bits per heavy atom. The maximum absolute atomic E-state index is 6.81. The number of rotatable bonds is 6. The summed E-state index contributed by atoms with van der Waals surface area (Å²) in [6.45, 7) is 3.47. The zero-order chi connectivity index (χ0) is 14.5. The van der Waals surface area contributed by atoms with Gasteiger partial charge in [-0.1, -0.05) is 39.0 Å². The van der Waals surface area contributed by atoms with Crippen LogP contribution < -0.4 is 5.32 Å². The van der Waals surface area contributed by atoms with Gasteiger partial charge in [0.15, 0.2) is 0 Å². The summed E-state index contributed by atoms with van der Waals surface area (Å²) in [5, 5.41) is 3.78. The van der Waals surface area contributed by atoms with Crippen LogP contribution in [0.4, 0.5) is 0 Å². The van der Waals surface area contributed by atoms with Gasteiger partial charge < -0.3 is 10.1 Å². The van der Waals surface area contributed by atoms with Crippen LogP contribution in [-0.2, 0) is 4.74 Å². The van der Waals surface area contributed by atoms with Crippen LogP contribution in [0, 0.1) is 5.92 Å². The van der Waals surface area contributed by atoms with Gasteiger partial charge in [-0.15, -0.1) is 0 Å². The average molecular weight is 293 g/mol. The van der Waals surface area contributed by atoms with Crippen LogP contribution in [0.25, 0.3) is 0 Å². The summed E-state index contributed by atoms with van der Waals surface area (Å²) in [6.07, 6.45) is 18.3. The monoisotopic (exact) mass is 293 g/mol. The SMILES string of the molecule is CCC1CCC(CNC2CC2)(OC2CCCCCC2)CC1. The van der Waals surface area contributed by atoms with Crippen molar-refractivity contribution in [2.45, 2.75) is 108 Å². The van der Waals surface area contributed by atoms with E-state index in [0.717, 1.165) is 18.5 Å². The van der Waals surface area contributed by atoms with Crippen molar-refractivity contribution in [2.75, 3.05) is 6.54 Å². The largest absolute Gasteiger partial charge is 0.370 e. The summed E-state index contributed by atoms with van der Waals surface area (Å²) in [7, 11) is 0. The molecule has 0 amide bonds. The number of hydrogen-bond acceptors (Lipinski definition) is 2. The van der Waals surface area contributed by atoms with E-state index in [4.69, 9.17) is 4.74 Å². The standard InChI is InChI=1S/C19H35NO/c1-2-16-11-13-19(14-12-16,15-20-17-9-10-17)21-18-7-5-3-4-6-8-18/h16-18,20H,2-15H2,1H3. The molecule has 2 nitrogen and oxygen atoms in total. The molecule has 0 unspecified atom stereocenters. The van der Waals surface area contributed by atoms with Crippen molar-refractivity contribution in [2.24, 2.45) is 5.92 Å². The molecule has 3 aliphatic rings. The van der Waals surface area contributed by atoms with E-state index in [9.17, 15) is 0 Å². The zero-order valence-corrected chi connectivity index (χ0v) is 14.0. The third-order valence-corrected chi connectivity index (χ3v) is 6.10. The van der Waals surface area contributed by atoms with Crippen LogP contribution in [0.3, 0.4) is 0 Å². The van der Waals surface area contributed by atoms with Gasteiger partial charge in [0.05, 0.1) is 11.7 Å². The predicted octanol–water partition coefficient (Wildman–Crippen LogP) is 4.82. The molecule has 0 aromatic rings. The summed E-state index contributed by atoms with van der Waals surface area (Å²) in [6, 6.07) is 0.809. The van der Waals surface area contributed by atoms with Crippen LogP contribution >= 0.6 is 0 Å². The maximum Gasteiger partial charge on any atom is 0.0810 e. The fourth-order valence-electron chi connectivity index (χ4n) is 4.28. The van der Waals surface area contributed by atoms with Crippen molar-refractivity contribution in [1.29, 1.82) is 0 Å². The van der Waals surface area contributed by atoms with Gasteiger partial charge in [0.1, 0.15) is 0 Å². The number of hydrogen-bond donors (Lipinski definition) is 1. The van der Waals surface area contributed by atoms with Gasteiger partial charge in [0.25, 0.3) is 0 Å². The minimum Gasteiger partial charge on any atom is -0.370 e. The molecular weight excluding hydrogens is 258 g/mol. The van der Waals surface area contributed by atoms with Crippen LogP contribution in [0.2, 0.25) is 0 Å². The zero-order valence-electron chi connectivity index (χ0n) is 14.0. The molecule has 3 rings (SSSR count). The van der Waals surface area contributed by atoms with E-state index in [2.05, 4.69) is 12.2 Å². The summed E-state index contributed by atoms with van der Waals surface area (Å²) in [5.74, 6) is 0.955. The first kappa shape index (κ1) is 15.8. The van der Waals surface area contributed by atoms with E-state index in [-0.39, 0.29) is 5.60 Å². The molecule has 3 aliphatic carbocycles. The van der Waals surface area contributed by atoms with Gasteiger partial charge in [0, 0.05) is 12.6 Å². The quantitative estimate of drug-likeness (QED) is 0.709. The van der Waals surface area contributed by atoms with E-state index in [1.165, 1.54) is 83.5 Å². The Balaban J connectivity index is 1.57. The lowest BCUT2D eigenvalue weighted by Gasteiger charge is -2.42. The van der Waals surface area contributed by atoms with Crippen LogP contribution in [-0.4, -0.2) is 24.3 Å². The molecule has 0 aliphatic heterocycles. The summed E-state index contributed by atoms with van der Waals surface area (Å²) in [5.41, 5.74) is 0.170. The summed E-state index contributed by atoms with van der Waals surface area (Å²) < 4.78 is 6.81. The minimum atomic E-state index is 0.170. The smallest absolute Gasteiger partial charge is 0.0810 e. The third kappa shape index (κ3) is 4.69. The fraction of sp³-hybridized carbons (Fsp3) is 1.00. The molecule has 0 spiro atoms. The van der Waals surface area contributed by atoms with E-state index in [1.54, 1.807) is 0 Å². The van der Waals surface area contributed by atoms with Crippen LogP contribution in [0.15, 0.2) is 0 Å². The predicted molar refractivity (Wildman–Crippen MR) is 88.6 cm³/mol. The molecule has 0 aromatic carbocycles. The molecule has 0 aromatic heterocycles. The highest BCUT2D eigenvalue weighted by atomic mass is 16.5. The Hall–Kier alpha value is -0.0800. The lowest BCUT2D eigenvalue weighted by molar-refractivity contribution is -0.122. The highest BCUT2D eigenvalue weighted by Crippen LogP contribution is 2.39. The molecule has 0 bridgehead atoms. The van der Waals surface area contributed by atoms with E-state index in [1.807, 2.05) is 0 Å². The molecule has 0 heterocycles. The highest BCUT2D eigenvalue weighted by molar-refractivity contribution is 4.93. The molecule has 0 saturated heterocycles. The van der Waals surface area contributed by atoms with Gasteiger partial charge in [-0.05, 0) is 57.3 Å². The average Bonchev–Trinajstić information content (AvgIpc) is 3.34. The second-order valence-corrected chi connectivity index (χ2v) is 7.92. The fourth-order valence-corrected chi connectivity index (χ4v) is 4.28. The van der Waals surface area contributed by atoms with Gasteiger partial charge in [-0.2, -0.15) is 0 Å². The lowest BCUT2D eigenvalue weighted by Crippen LogP contribution is -2.48. The molecule has 0 radical (unpaired) electrons. The first-order valence-corrected chi connectivity index (χ1v) is 9.71. The van der Waals surface area contributed by atoms with Crippen molar-refractivity contribution < 1.29 is 4.74 Å². The minimum absolute atomic E-state index is 0.170. The second-order valence-electron chi connectivity index (χ2n) is 7.92.